The van der Waals surface area contributed by atoms with Crippen LogP contribution in [0.15, 0.2) is 53.2 Å². The molecule has 2 aromatic rings. The second-order valence-corrected chi connectivity index (χ2v) is 6.28. The van der Waals surface area contributed by atoms with E-state index in [2.05, 4.69) is 10.2 Å². The summed E-state index contributed by atoms with van der Waals surface area (Å²) in [6, 6.07) is 11.4. The molecule has 0 radical (unpaired) electrons. The highest BCUT2D eigenvalue weighted by molar-refractivity contribution is 6.32. The minimum Gasteiger partial charge on any atom is -0.468 e. The second-order valence-electron chi connectivity index (χ2n) is 5.87. The number of furan rings is 1. The minimum atomic E-state index is -0.134. The summed E-state index contributed by atoms with van der Waals surface area (Å²) in [6.45, 7) is 2.60. The Morgan fingerprint density at radius 3 is 2.75 bits per heavy atom. The molecule has 126 valence electrons. The molecule has 5 heteroatoms. The van der Waals surface area contributed by atoms with Crippen LogP contribution in [0.25, 0.3) is 6.08 Å². The highest BCUT2D eigenvalue weighted by Gasteiger charge is 2.25. The van der Waals surface area contributed by atoms with E-state index in [1.165, 1.54) is 18.9 Å². The van der Waals surface area contributed by atoms with Crippen LogP contribution in [0, 0.1) is 0 Å². The quantitative estimate of drug-likeness (QED) is 0.808. The number of carbonyl (C=O) groups excluding carboxylic acids is 1. The van der Waals surface area contributed by atoms with Crippen molar-refractivity contribution >= 4 is 23.6 Å². The maximum atomic E-state index is 12.1. The summed E-state index contributed by atoms with van der Waals surface area (Å²) in [5.74, 6) is 0.762. The van der Waals surface area contributed by atoms with Crippen molar-refractivity contribution in [1.82, 2.24) is 10.2 Å². The average Bonchev–Trinajstić information content (AvgIpc) is 3.28. The number of hydrogen-bond donors (Lipinski definition) is 1. The largest absolute Gasteiger partial charge is 0.468 e. The standard InChI is InChI=1S/C19H21ClN2O2/c20-16-7-2-1-6-15(16)9-10-19(23)21-14-17(18-8-5-13-24-18)22-11-3-4-12-22/h1-2,5-10,13,17H,3-4,11-12,14H2,(H,21,23). The van der Waals surface area contributed by atoms with Gasteiger partial charge in [-0.15, -0.1) is 0 Å². The molecule has 1 amide bonds. The Kier molecular flexibility index (Phi) is 5.72. The van der Waals surface area contributed by atoms with E-state index in [1.807, 2.05) is 30.3 Å². The maximum Gasteiger partial charge on any atom is 0.244 e. The Morgan fingerprint density at radius 1 is 1.25 bits per heavy atom. The van der Waals surface area contributed by atoms with E-state index in [0.29, 0.717) is 11.6 Å². The normalized spacial score (nSPS) is 16.5. The van der Waals surface area contributed by atoms with E-state index >= 15 is 0 Å². The lowest BCUT2D eigenvalue weighted by molar-refractivity contribution is -0.116. The first-order valence-corrected chi connectivity index (χ1v) is 8.60. The summed E-state index contributed by atoms with van der Waals surface area (Å²) in [4.78, 5) is 14.5. The Labute approximate surface area is 147 Å². The predicted molar refractivity (Wildman–Crippen MR) is 95.8 cm³/mol. The third kappa shape index (κ3) is 4.28. The fourth-order valence-electron chi connectivity index (χ4n) is 2.98. The van der Waals surface area contributed by atoms with E-state index in [9.17, 15) is 4.79 Å². The number of rotatable bonds is 6. The molecule has 2 heterocycles. The molecule has 24 heavy (non-hydrogen) atoms. The van der Waals surface area contributed by atoms with Crippen molar-refractivity contribution in [3.63, 3.8) is 0 Å². The smallest absolute Gasteiger partial charge is 0.244 e. The number of amides is 1. The molecule has 1 aromatic heterocycles. The van der Waals surface area contributed by atoms with Gasteiger partial charge in [0.05, 0.1) is 12.3 Å². The number of nitrogens with zero attached hydrogens (tertiary/aromatic N) is 1. The molecule has 1 atom stereocenters. The predicted octanol–water partition coefficient (Wildman–Crippen LogP) is 3.90. The van der Waals surface area contributed by atoms with Crippen LogP contribution >= 0.6 is 11.6 Å². The first-order valence-electron chi connectivity index (χ1n) is 8.22. The van der Waals surface area contributed by atoms with Gasteiger partial charge >= 0.3 is 0 Å². The van der Waals surface area contributed by atoms with Crippen LogP contribution < -0.4 is 5.32 Å². The molecule has 1 fully saturated rings. The Balaban J connectivity index is 1.60. The fraction of sp³-hybridized carbons (Fsp3) is 0.316. The molecule has 1 aromatic carbocycles. The molecule has 1 aliphatic rings. The van der Waals surface area contributed by atoms with Crippen molar-refractivity contribution in [1.29, 1.82) is 0 Å². The fourth-order valence-corrected chi connectivity index (χ4v) is 3.17. The molecule has 4 nitrogen and oxygen atoms in total. The third-order valence-corrected chi connectivity index (χ3v) is 4.59. The molecule has 1 aliphatic heterocycles. The molecule has 1 unspecified atom stereocenters. The van der Waals surface area contributed by atoms with Crippen molar-refractivity contribution in [2.24, 2.45) is 0 Å². The molecular weight excluding hydrogens is 324 g/mol. The van der Waals surface area contributed by atoms with Crippen LogP contribution in [0.1, 0.15) is 30.2 Å². The van der Waals surface area contributed by atoms with Crippen LogP contribution in [-0.2, 0) is 4.79 Å². The molecule has 0 spiro atoms. The van der Waals surface area contributed by atoms with E-state index < -0.39 is 0 Å². The van der Waals surface area contributed by atoms with E-state index in [4.69, 9.17) is 16.0 Å². The van der Waals surface area contributed by atoms with Crippen LogP contribution in [0.4, 0.5) is 0 Å². The number of hydrogen-bond acceptors (Lipinski definition) is 3. The van der Waals surface area contributed by atoms with Crippen molar-refractivity contribution in [3.05, 3.63) is 65.1 Å². The number of carbonyl (C=O) groups is 1. The molecule has 1 saturated heterocycles. The SMILES string of the molecule is O=C(C=Cc1ccccc1Cl)NCC(c1ccco1)N1CCCC1. The van der Waals surface area contributed by atoms with E-state index in [0.717, 1.165) is 24.4 Å². The minimum absolute atomic E-state index is 0.0835. The molecule has 0 saturated carbocycles. The van der Waals surface area contributed by atoms with Gasteiger partial charge in [-0.2, -0.15) is 0 Å². The zero-order valence-corrected chi connectivity index (χ0v) is 14.2. The van der Waals surface area contributed by atoms with Gasteiger partial charge in [0.1, 0.15) is 5.76 Å². The van der Waals surface area contributed by atoms with Crippen LogP contribution in [0.2, 0.25) is 5.02 Å². The summed E-state index contributed by atoms with van der Waals surface area (Å²) in [7, 11) is 0. The van der Waals surface area contributed by atoms with Gasteiger partial charge in [0.25, 0.3) is 0 Å². The van der Waals surface area contributed by atoms with Gasteiger partial charge in [0.2, 0.25) is 5.91 Å². The van der Waals surface area contributed by atoms with E-state index in [-0.39, 0.29) is 11.9 Å². The lowest BCUT2D eigenvalue weighted by atomic mass is 10.2. The Bertz CT molecular complexity index is 691. The Hall–Kier alpha value is -2.04. The monoisotopic (exact) mass is 344 g/mol. The van der Waals surface area contributed by atoms with Gasteiger partial charge in [0.15, 0.2) is 0 Å². The summed E-state index contributed by atoms with van der Waals surface area (Å²) < 4.78 is 5.56. The average molecular weight is 345 g/mol. The van der Waals surface area contributed by atoms with Crippen molar-refractivity contribution in [3.8, 4) is 0 Å². The lowest BCUT2D eigenvalue weighted by Gasteiger charge is -2.25. The molecule has 1 N–H and O–H groups in total. The Morgan fingerprint density at radius 2 is 2.04 bits per heavy atom. The molecule has 0 bridgehead atoms. The van der Waals surface area contributed by atoms with Crippen LogP contribution in [-0.4, -0.2) is 30.4 Å². The number of likely N-dealkylation sites (tertiary alicyclic amines) is 1. The van der Waals surface area contributed by atoms with Gasteiger partial charge in [-0.3, -0.25) is 9.69 Å². The van der Waals surface area contributed by atoms with Crippen LogP contribution in [0.3, 0.4) is 0 Å². The number of halogens is 1. The van der Waals surface area contributed by atoms with Gasteiger partial charge in [-0.1, -0.05) is 29.8 Å². The molecular formula is C19H21ClN2O2. The summed E-state index contributed by atoms with van der Waals surface area (Å²) >= 11 is 6.09. The van der Waals surface area contributed by atoms with Crippen molar-refractivity contribution in [2.75, 3.05) is 19.6 Å². The van der Waals surface area contributed by atoms with Gasteiger partial charge < -0.3 is 9.73 Å². The van der Waals surface area contributed by atoms with E-state index in [1.54, 1.807) is 18.4 Å². The molecule has 3 rings (SSSR count). The summed E-state index contributed by atoms with van der Waals surface area (Å²) in [5.41, 5.74) is 0.830. The lowest BCUT2D eigenvalue weighted by Crippen LogP contribution is -2.36. The first kappa shape index (κ1) is 16.8. The number of nitrogens with one attached hydrogen (secondary N) is 1. The summed E-state index contributed by atoms with van der Waals surface area (Å²) in [5, 5.41) is 3.60. The maximum absolute atomic E-state index is 12.1. The first-order chi connectivity index (χ1) is 11.7. The van der Waals surface area contributed by atoms with Gasteiger partial charge in [-0.05, 0) is 55.8 Å². The second kappa shape index (κ2) is 8.18. The van der Waals surface area contributed by atoms with Crippen molar-refractivity contribution < 1.29 is 9.21 Å². The molecule has 0 aliphatic carbocycles. The summed E-state index contributed by atoms with van der Waals surface area (Å²) in [6.07, 6.45) is 7.31. The van der Waals surface area contributed by atoms with Crippen molar-refractivity contribution in [2.45, 2.75) is 18.9 Å². The zero-order valence-electron chi connectivity index (χ0n) is 13.5. The zero-order chi connectivity index (χ0) is 16.8. The topological polar surface area (TPSA) is 45.5 Å². The third-order valence-electron chi connectivity index (χ3n) is 4.24. The number of benzene rings is 1. The van der Waals surface area contributed by atoms with Crippen LogP contribution in [0.5, 0.6) is 0 Å². The highest BCUT2D eigenvalue weighted by atomic mass is 35.5. The highest BCUT2D eigenvalue weighted by Crippen LogP contribution is 2.24. The van der Waals surface area contributed by atoms with Gasteiger partial charge in [-0.25, -0.2) is 0 Å². The van der Waals surface area contributed by atoms with Gasteiger partial charge in [0, 0.05) is 17.6 Å².